The number of aliphatic imine (C=N–C) groups is 1. The van der Waals surface area contributed by atoms with Crippen LogP contribution in [0.1, 0.15) is 34.6 Å². The second-order valence-electron chi connectivity index (χ2n) is 7.18. The number of nitrogens with zero attached hydrogens (tertiary/aromatic N) is 1. The van der Waals surface area contributed by atoms with Gasteiger partial charge in [0, 0.05) is 25.7 Å². The van der Waals surface area contributed by atoms with Gasteiger partial charge in [-0.15, -0.1) is 0 Å². The van der Waals surface area contributed by atoms with Crippen LogP contribution in [-0.4, -0.2) is 57.0 Å². The van der Waals surface area contributed by atoms with Gasteiger partial charge >= 0.3 is 6.09 Å². The Bertz CT molecular complexity index is 629. The van der Waals surface area contributed by atoms with Crippen LogP contribution < -0.4 is 25.4 Å². The Balaban J connectivity index is 2.42. The third kappa shape index (κ3) is 10.5. The van der Waals surface area contributed by atoms with Gasteiger partial charge in [-0.05, 0) is 46.8 Å². The normalized spacial score (nSPS) is 12.7. The Labute approximate surface area is 168 Å². The van der Waals surface area contributed by atoms with Crippen molar-refractivity contribution in [1.29, 1.82) is 0 Å². The number of alkyl carbamates (subject to hydrolysis) is 1. The van der Waals surface area contributed by atoms with Crippen molar-refractivity contribution in [3.63, 3.8) is 0 Å². The number of nitrogens with one attached hydrogen (secondary N) is 3. The highest BCUT2D eigenvalue weighted by atomic mass is 16.6. The first-order chi connectivity index (χ1) is 13.2. The molecule has 0 aliphatic heterocycles. The molecular weight excluding hydrogens is 360 g/mol. The number of hydrogen-bond donors (Lipinski definition) is 3. The zero-order chi connectivity index (χ0) is 21.0. The minimum Gasteiger partial charge on any atom is -0.497 e. The Morgan fingerprint density at radius 1 is 1.14 bits per heavy atom. The monoisotopic (exact) mass is 394 g/mol. The summed E-state index contributed by atoms with van der Waals surface area (Å²) in [6.45, 7) is 11.6. The predicted octanol–water partition coefficient (Wildman–Crippen LogP) is 2.54. The van der Waals surface area contributed by atoms with Crippen LogP contribution in [0.2, 0.25) is 0 Å². The molecule has 0 saturated carbocycles. The second-order valence-corrected chi connectivity index (χ2v) is 7.18. The summed E-state index contributed by atoms with van der Waals surface area (Å²) in [5.74, 6) is 2.15. The Hall–Kier alpha value is -2.64. The first-order valence-corrected chi connectivity index (χ1v) is 9.53. The zero-order valence-corrected chi connectivity index (χ0v) is 17.8. The molecule has 0 aromatic heterocycles. The molecule has 0 aliphatic rings. The fraction of sp³-hybridized carbons (Fsp3) is 0.600. The molecule has 3 N–H and O–H groups in total. The summed E-state index contributed by atoms with van der Waals surface area (Å²) in [4.78, 5) is 16.2. The molecular formula is C20H34N4O4. The molecule has 0 spiro atoms. The quantitative estimate of drug-likeness (QED) is 0.339. The first-order valence-electron chi connectivity index (χ1n) is 9.53. The molecule has 8 heteroatoms. The van der Waals surface area contributed by atoms with Crippen LogP contribution in [0.4, 0.5) is 4.79 Å². The summed E-state index contributed by atoms with van der Waals surface area (Å²) in [6, 6.07) is 7.47. The Morgan fingerprint density at radius 3 is 2.46 bits per heavy atom. The largest absolute Gasteiger partial charge is 0.497 e. The SMILES string of the molecule is CCNC(=NCC(C)Oc1cccc(OC)c1)NCCNC(=O)OC(C)(C)C. The lowest BCUT2D eigenvalue weighted by molar-refractivity contribution is 0.0529. The molecule has 1 aromatic carbocycles. The zero-order valence-electron chi connectivity index (χ0n) is 17.8. The lowest BCUT2D eigenvalue weighted by Crippen LogP contribution is -2.42. The van der Waals surface area contributed by atoms with Gasteiger partial charge in [-0.2, -0.15) is 0 Å². The van der Waals surface area contributed by atoms with Gasteiger partial charge in [-0.25, -0.2) is 9.79 Å². The molecule has 1 rings (SSSR count). The van der Waals surface area contributed by atoms with Crippen molar-refractivity contribution in [2.75, 3.05) is 33.3 Å². The second kappa shape index (κ2) is 11.9. The summed E-state index contributed by atoms with van der Waals surface area (Å²) >= 11 is 0. The van der Waals surface area contributed by atoms with Crippen molar-refractivity contribution in [3.05, 3.63) is 24.3 Å². The van der Waals surface area contributed by atoms with E-state index in [-0.39, 0.29) is 6.10 Å². The summed E-state index contributed by atoms with van der Waals surface area (Å²) in [5, 5.41) is 9.04. The molecule has 0 bridgehead atoms. The van der Waals surface area contributed by atoms with Crippen LogP contribution >= 0.6 is 0 Å². The number of hydrogen-bond acceptors (Lipinski definition) is 5. The van der Waals surface area contributed by atoms with Crippen molar-refractivity contribution in [3.8, 4) is 11.5 Å². The van der Waals surface area contributed by atoms with E-state index in [1.807, 2.05) is 58.9 Å². The number of carbonyl (C=O) groups excluding carboxylic acids is 1. The molecule has 0 fully saturated rings. The smallest absolute Gasteiger partial charge is 0.407 e. The molecule has 1 atom stereocenters. The molecule has 28 heavy (non-hydrogen) atoms. The van der Waals surface area contributed by atoms with E-state index in [1.165, 1.54) is 0 Å². The Kier molecular flexibility index (Phi) is 9.98. The van der Waals surface area contributed by atoms with E-state index in [9.17, 15) is 4.79 Å². The average molecular weight is 395 g/mol. The van der Waals surface area contributed by atoms with Gasteiger partial charge in [-0.1, -0.05) is 6.07 Å². The highest BCUT2D eigenvalue weighted by Crippen LogP contribution is 2.19. The van der Waals surface area contributed by atoms with Gasteiger partial charge in [0.15, 0.2) is 5.96 Å². The third-order valence-corrected chi connectivity index (χ3v) is 3.31. The number of guanidine groups is 1. The van der Waals surface area contributed by atoms with Crippen molar-refractivity contribution >= 4 is 12.1 Å². The van der Waals surface area contributed by atoms with Crippen molar-refractivity contribution < 1.29 is 19.0 Å². The van der Waals surface area contributed by atoms with Gasteiger partial charge in [0.25, 0.3) is 0 Å². The number of ether oxygens (including phenoxy) is 3. The number of methoxy groups -OCH3 is 1. The molecule has 1 aromatic rings. The molecule has 158 valence electrons. The van der Waals surface area contributed by atoms with Gasteiger partial charge in [0.05, 0.1) is 13.7 Å². The molecule has 1 amide bonds. The summed E-state index contributed by atoms with van der Waals surface area (Å²) in [6.07, 6.45) is -0.543. The molecule has 0 saturated heterocycles. The molecule has 0 aliphatic carbocycles. The fourth-order valence-electron chi connectivity index (χ4n) is 2.17. The summed E-state index contributed by atoms with van der Waals surface area (Å²) in [5.41, 5.74) is -0.507. The predicted molar refractivity (Wildman–Crippen MR) is 111 cm³/mol. The van der Waals surface area contributed by atoms with Crippen LogP contribution in [0.15, 0.2) is 29.3 Å². The van der Waals surface area contributed by atoms with Crippen LogP contribution in [0.5, 0.6) is 11.5 Å². The van der Waals surface area contributed by atoms with E-state index in [0.29, 0.717) is 25.6 Å². The number of benzene rings is 1. The highest BCUT2D eigenvalue weighted by molar-refractivity contribution is 5.79. The van der Waals surface area contributed by atoms with Gasteiger partial charge in [-0.3, -0.25) is 0 Å². The lowest BCUT2D eigenvalue weighted by Gasteiger charge is -2.20. The average Bonchev–Trinajstić information content (AvgIpc) is 2.61. The lowest BCUT2D eigenvalue weighted by atomic mass is 10.2. The number of rotatable bonds is 9. The van der Waals surface area contributed by atoms with Crippen molar-refractivity contribution in [2.45, 2.75) is 46.3 Å². The van der Waals surface area contributed by atoms with Gasteiger partial charge < -0.3 is 30.2 Å². The van der Waals surface area contributed by atoms with Crippen LogP contribution in [0.25, 0.3) is 0 Å². The topological polar surface area (TPSA) is 93.2 Å². The standard InChI is InChI=1S/C20H34N4O4/c1-7-21-18(22-11-12-23-19(25)28-20(3,4)5)24-14-15(2)27-17-10-8-9-16(13-17)26-6/h8-10,13,15H,7,11-12,14H2,1-6H3,(H,23,25)(H2,21,22,24). The van der Waals surface area contributed by atoms with Gasteiger partial charge in [0.1, 0.15) is 23.2 Å². The van der Waals surface area contributed by atoms with Crippen LogP contribution in [0, 0.1) is 0 Å². The maximum atomic E-state index is 11.6. The van der Waals surface area contributed by atoms with Crippen molar-refractivity contribution in [1.82, 2.24) is 16.0 Å². The molecule has 1 unspecified atom stereocenters. The van der Waals surface area contributed by atoms with E-state index in [2.05, 4.69) is 20.9 Å². The molecule has 0 heterocycles. The van der Waals surface area contributed by atoms with Gasteiger partial charge in [0.2, 0.25) is 0 Å². The summed E-state index contributed by atoms with van der Waals surface area (Å²) in [7, 11) is 1.62. The summed E-state index contributed by atoms with van der Waals surface area (Å²) < 4.78 is 16.3. The van der Waals surface area contributed by atoms with E-state index in [1.54, 1.807) is 7.11 Å². The van der Waals surface area contributed by atoms with E-state index in [0.717, 1.165) is 18.0 Å². The minimum absolute atomic E-state index is 0.109. The van der Waals surface area contributed by atoms with Crippen LogP contribution in [-0.2, 0) is 4.74 Å². The highest BCUT2D eigenvalue weighted by Gasteiger charge is 2.15. The van der Waals surface area contributed by atoms with E-state index in [4.69, 9.17) is 14.2 Å². The third-order valence-electron chi connectivity index (χ3n) is 3.31. The maximum Gasteiger partial charge on any atom is 0.407 e. The minimum atomic E-state index is -0.507. The number of amides is 1. The molecule has 8 nitrogen and oxygen atoms in total. The Morgan fingerprint density at radius 2 is 1.82 bits per heavy atom. The van der Waals surface area contributed by atoms with Crippen molar-refractivity contribution in [2.24, 2.45) is 4.99 Å². The van der Waals surface area contributed by atoms with Crippen LogP contribution in [0.3, 0.4) is 0 Å². The molecule has 0 radical (unpaired) electrons. The first kappa shape index (κ1) is 23.4. The van der Waals surface area contributed by atoms with E-state index < -0.39 is 11.7 Å². The number of carbonyl (C=O) groups is 1. The fourth-order valence-corrected chi connectivity index (χ4v) is 2.17. The van der Waals surface area contributed by atoms with E-state index >= 15 is 0 Å². The maximum absolute atomic E-state index is 11.6.